The van der Waals surface area contributed by atoms with Crippen LogP contribution in [0.5, 0.6) is 0 Å². The second kappa shape index (κ2) is 4.76. The third-order valence-corrected chi connectivity index (χ3v) is 1.82. The number of rotatable bonds is 1. The summed E-state index contributed by atoms with van der Waals surface area (Å²) in [5.74, 6) is 2.15. The predicted molar refractivity (Wildman–Crippen MR) is 54.9 cm³/mol. The number of anilines is 1. The van der Waals surface area contributed by atoms with Gasteiger partial charge in [-0.2, -0.15) is 0 Å². The van der Waals surface area contributed by atoms with E-state index >= 15 is 0 Å². The number of hydrogen-bond acceptors (Lipinski definition) is 3. The second-order valence-corrected chi connectivity index (χ2v) is 2.96. The average molecular weight is 231 g/mol. The summed E-state index contributed by atoms with van der Waals surface area (Å²) < 4.78 is 25.2. The Morgan fingerprint density at radius 1 is 1.33 bits per heavy atom. The van der Waals surface area contributed by atoms with Gasteiger partial charge in [-0.3, -0.25) is 4.79 Å². The molecule has 0 aliphatic heterocycles. The van der Waals surface area contributed by atoms with E-state index in [4.69, 9.17) is 5.84 Å². The molecule has 1 aromatic carbocycles. The number of hydrazine groups is 1. The molecule has 0 atom stereocenters. The highest BCUT2D eigenvalue weighted by atomic mass is 32.1. The maximum Gasteiger partial charge on any atom is 0.284 e. The van der Waals surface area contributed by atoms with E-state index in [0.717, 1.165) is 12.1 Å². The van der Waals surface area contributed by atoms with Crippen molar-refractivity contribution in [2.75, 3.05) is 5.32 Å². The lowest BCUT2D eigenvalue weighted by Gasteiger charge is -2.05. The van der Waals surface area contributed by atoms with E-state index in [-0.39, 0.29) is 10.7 Å². The van der Waals surface area contributed by atoms with E-state index in [1.54, 1.807) is 0 Å². The van der Waals surface area contributed by atoms with Crippen LogP contribution in [0.2, 0.25) is 0 Å². The highest BCUT2D eigenvalue weighted by Gasteiger charge is 2.09. The highest BCUT2D eigenvalue weighted by Crippen LogP contribution is 2.12. The molecule has 0 heterocycles. The van der Waals surface area contributed by atoms with E-state index < -0.39 is 17.5 Å². The lowest BCUT2D eigenvalue weighted by Crippen LogP contribution is -2.38. The fourth-order valence-corrected chi connectivity index (χ4v) is 0.878. The van der Waals surface area contributed by atoms with Crippen LogP contribution in [-0.2, 0) is 4.79 Å². The molecule has 0 unspecified atom stereocenters. The summed E-state index contributed by atoms with van der Waals surface area (Å²) in [4.78, 5) is 10.9. The molecule has 0 bridgehead atoms. The molecule has 1 aromatic rings. The van der Waals surface area contributed by atoms with Crippen molar-refractivity contribution in [1.82, 2.24) is 5.43 Å². The van der Waals surface area contributed by atoms with E-state index in [1.165, 1.54) is 6.07 Å². The number of thiocarbonyl (C=S) groups is 1. The largest absolute Gasteiger partial charge is 0.320 e. The van der Waals surface area contributed by atoms with Crippen LogP contribution in [0.1, 0.15) is 0 Å². The molecule has 0 spiro atoms. The van der Waals surface area contributed by atoms with Crippen LogP contribution in [0.15, 0.2) is 18.2 Å². The number of hydrogen-bond donors (Lipinski definition) is 3. The molecule has 4 N–H and O–H groups in total. The van der Waals surface area contributed by atoms with Crippen LogP contribution in [0, 0.1) is 11.6 Å². The lowest BCUT2D eigenvalue weighted by atomic mass is 10.3. The molecule has 0 aliphatic carbocycles. The molecule has 80 valence electrons. The van der Waals surface area contributed by atoms with Gasteiger partial charge in [0.25, 0.3) is 5.91 Å². The highest BCUT2D eigenvalue weighted by molar-refractivity contribution is 7.82. The standard InChI is InChI=1S/C8H7F2N3OS/c9-5-2-1-4(3-6(5)10)12-7(14)8(15)13-11/h1-3H,11H2,(H,12,14)(H,13,15). The zero-order chi connectivity index (χ0) is 11.4. The number of carbonyl (C=O) groups excluding carboxylic acids is 1. The smallest absolute Gasteiger partial charge is 0.284 e. The van der Waals surface area contributed by atoms with Crippen LogP contribution >= 0.6 is 12.2 Å². The second-order valence-electron chi connectivity index (χ2n) is 2.56. The molecule has 0 radical (unpaired) electrons. The van der Waals surface area contributed by atoms with Crippen LogP contribution in [0.25, 0.3) is 0 Å². The Morgan fingerprint density at radius 2 is 2.00 bits per heavy atom. The van der Waals surface area contributed by atoms with Gasteiger partial charge in [0.15, 0.2) is 16.6 Å². The molecule has 0 aromatic heterocycles. The van der Waals surface area contributed by atoms with Gasteiger partial charge in [0.1, 0.15) is 0 Å². The Bertz CT molecular complexity index is 411. The molecule has 1 amide bonds. The van der Waals surface area contributed by atoms with Crippen molar-refractivity contribution >= 4 is 28.8 Å². The number of amides is 1. The monoisotopic (exact) mass is 231 g/mol. The zero-order valence-corrected chi connectivity index (χ0v) is 8.20. The summed E-state index contributed by atoms with van der Waals surface area (Å²) in [7, 11) is 0. The summed E-state index contributed by atoms with van der Waals surface area (Å²) >= 11 is 4.52. The van der Waals surface area contributed by atoms with E-state index in [9.17, 15) is 13.6 Å². The molecule has 4 nitrogen and oxygen atoms in total. The van der Waals surface area contributed by atoms with Crippen molar-refractivity contribution in [1.29, 1.82) is 0 Å². The molecule has 0 saturated heterocycles. The molecular weight excluding hydrogens is 224 g/mol. The fourth-order valence-electron chi connectivity index (χ4n) is 0.827. The van der Waals surface area contributed by atoms with E-state index in [1.807, 2.05) is 5.43 Å². The summed E-state index contributed by atoms with van der Waals surface area (Å²) in [5, 5.41) is 2.23. The van der Waals surface area contributed by atoms with Crippen LogP contribution in [0.4, 0.5) is 14.5 Å². The first-order valence-electron chi connectivity index (χ1n) is 3.81. The summed E-state index contributed by atoms with van der Waals surface area (Å²) in [6, 6.07) is 2.94. The third kappa shape index (κ3) is 2.93. The fraction of sp³-hybridized carbons (Fsp3) is 0. The Labute approximate surface area is 89.4 Å². The lowest BCUT2D eigenvalue weighted by molar-refractivity contribution is -0.110. The number of carbonyl (C=O) groups is 1. The number of halogens is 2. The SMILES string of the molecule is NNC(=S)C(=O)Nc1ccc(F)c(F)c1. The quantitative estimate of drug-likeness (QED) is 0.378. The van der Waals surface area contributed by atoms with Gasteiger partial charge >= 0.3 is 0 Å². The van der Waals surface area contributed by atoms with Gasteiger partial charge in [0.2, 0.25) is 0 Å². The number of benzene rings is 1. The van der Waals surface area contributed by atoms with Crippen LogP contribution < -0.4 is 16.6 Å². The maximum atomic E-state index is 12.7. The minimum absolute atomic E-state index is 0.0940. The molecule has 1 rings (SSSR count). The van der Waals surface area contributed by atoms with Gasteiger partial charge in [-0.1, -0.05) is 12.2 Å². The van der Waals surface area contributed by atoms with Gasteiger partial charge < -0.3 is 10.7 Å². The van der Waals surface area contributed by atoms with Crippen molar-refractivity contribution in [3.8, 4) is 0 Å². The molecule has 0 fully saturated rings. The van der Waals surface area contributed by atoms with Gasteiger partial charge in [-0.05, 0) is 12.1 Å². The van der Waals surface area contributed by atoms with Crippen LogP contribution in [-0.4, -0.2) is 10.9 Å². The Kier molecular flexibility index (Phi) is 3.64. The Balaban J connectivity index is 2.77. The van der Waals surface area contributed by atoms with Crippen LogP contribution in [0.3, 0.4) is 0 Å². The third-order valence-electron chi connectivity index (χ3n) is 1.51. The van der Waals surface area contributed by atoms with Crippen molar-refractivity contribution in [3.63, 3.8) is 0 Å². The first-order chi connectivity index (χ1) is 7.04. The molecule has 7 heteroatoms. The van der Waals surface area contributed by atoms with E-state index in [0.29, 0.717) is 0 Å². The molecule has 0 saturated carbocycles. The Morgan fingerprint density at radius 3 is 2.53 bits per heavy atom. The summed E-state index contributed by atoms with van der Waals surface area (Å²) in [6.07, 6.45) is 0. The molecule has 15 heavy (non-hydrogen) atoms. The maximum absolute atomic E-state index is 12.7. The first kappa shape index (κ1) is 11.5. The minimum Gasteiger partial charge on any atom is -0.320 e. The number of nitrogens with one attached hydrogen (secondary N) is 2. The van der Waals surface area contributed by atoms with Crippen molar-refractivity contribution in [2.45, 2.75) is 0 Å². The topological polar surface area (TPSA) is 67.1 Å². The summed E-state index contributed by atoms with van der Waals surface area (Å²) in [5.41, 5.74) is 2.06. The summed E-state index contributed by atoms with van der Waals surface area (Å²) in [6.45, 7) is 0. The van der Waals surface area contributed by atoms with E-state index in [2.05, 4.69) is 17.5 Å². The molecule has 0 aliphatic rings. The van der Waals surface area contributed by atoms with Crippen molar-refractivity contribution < 1.29 is 13.6 Å². The van der Waals surface area contributed by atoms with Gasteiger partial charge in [0.05, 0.1) is 0 Å². The zero-order valence-electron chi connectivity index (χ0n) is 7.38. The predicted octanol–water partition coefficient (Wildman–Crippen LogP) is 0.694. The van der Waals surface area contributed by atoms with Gasteiger partial charge in [0, 0.05) is 11.8 Å². The first-order valence-corrected chi connectivity index (χ1v) is 4.22. The minimum atomic E-state index is -1.06. The van der Waals surface area contributed by atoms with Crippen molar-refractivity contribution in [2.24, 2.45) is 5.84 Å². The van der Waals surface area contributed by atoms with Gasteiger partial charge in [-0.25, -0.2) is 14.6 Å². The number of nitrogens with two attached hydrogens (primary N) is 1. The molecular formula is C8H7F2N3OS. The normalized spacial score (nSPS) is 9.53. The average Bonchev–Trinajstić information content (AvgIpc) is 2.22. The van der Waals surface area contributed by atoms with Gasteiger partial charge in [-0.15, -0.1) is 0 Å². The Hall–Kier alpha value is -1.60. The van der Waals surface area contributed by atoms with Crippen molar-refractivity contribution in [3.05, 3.63) is 29.8 Å².